The van der Waals surface area contributed by atoms with Gasteiger partial charge in [-0.1, -0.05) is 24.3 Å². The largest absolute Gasteiger partial charge is 0.449 e. The van der Waals surface area contributed by atoms with Gasteiger partial charge in [0, 0.05) is 18.2 Å². The maximum Gasteiger partial charge on any atom is 0.294 e. The number of thiazole rings is 1. The zero-order valence-corrected chi connectivity index (χ0v) is 16.5. The van der Waals surface area contributed by atoms with Gasteiger partial charge >= 0.3 is 0 Å². The number of rotatable bonds is 3. The summed E-state index contributed by atoms with van der Waals surface area (Å²) in [6.45, 7) is 1.72. The highest BCUT2D eigenvalue weighted by Gasteiger charge is 2.33. The Morgan fingerprint density at radius 1 is 1.14 bits per heavy atom. The minimum Gasteiger partial charge on any atom is -0.449 e. The number of para-hydroxylation sites is 2. The Bertz CT molecular complexity index is 1380. The average molecular weight is 403 g/mol. The topological polar surface area (TPSA) is 76.2 Å². The number of H-pyrrole nitrogens is 1. The van der Waals surface area contributed by atoms with Crippen LogP contribution in [0.2, 0.25) is 0 Å². The molecule has 1 saturated heterocycles. The van der Waals surface area contributed by atoms with Gasteiger partial charge in [0.2, 0.25) is 5.58 Å². The van der Waals surface area contributed by atoms with Crippen molar-refractivity contribution in [2.75, 3.05) is 6.54 Å². The van der Waals surface area contributed by atoms with E-state index in [0.717, 1.165) is 30.3 Å². The lowest BCUT2D eigenvalue weighted by Crippen LogP contribution is -3.09. The van der Waals surface area contributed by atoms with Gasteiger partial charge in [-0.25, -0.2) is 9.97 Å². The van der Waals surface area contributed by atoms with E-state index in [1.54, 1.807) is 11.3 Å². The molecule has 4 heterocycles. The van der Waals surface area contributed by atoms with Crippen LogP contribution in [-0.2, 0) is 6.54 Å². The van der Waals surface area contributed by atoms with E-state index in [-0.39, 0.29) is 5.56 Å². The van der Waals surface area contributed by atoms with Crippen LogP contribution in [0.4, 0.5) is 0 Å². The summed E-state index contributed by atoms with van der Waals surface area (Å²) >= 11 is 1.78. The van der Waals surface area contributed by atoms with Crippen LogP contribution >= 0.6 is 11.3 Å². The number of nitrogens with one attached hydrogen (secondary N) is 2. The lowest BCUT2D eigenvalue weighted by atomic mass is 10.2. The maximum absolute atomic E-state index is 12.6. The normalized spacial score (nSPS) is 19.6. The second kappa shape index (κ2) is 6.50. The third-order valence-electron chi connectivity index (χ3n) is 5.77. The van der Waals surface area contributed by atoms with Crippen molar-refractivity contribution in [1.29, 1.82) is 0 Å². The van der Waals surface area contributed by atoms with E-state index in [2.05, 4.69) is 23.2 Å². The Morgan fingerprint density at radius 3 is 2.93 bits per heavy atom. The molecule has 0 bridgehead atoms. The second-order valence-electron chi connectivity index (χ2n) is 7.59. The Labute approximate surface area is 169 Å². The van der Waals surface area contributed by atoms with E-state index in [1.165, 1.54) is 14.6 Å². The molecule has 0 amide bonds. The van der Waals surface area contributed by atoms with Crippen molar-refractivity contribution in [3.8, 4) is 0 Å². The van der Waals surface area contributed by atoms with Crippen LogP contribution in [0.25, 0.3) is 32.3 Å². The van der Waals surface area contributed by atoms with Gasteiger partial charge in [-0.2, -0.15) is 0 Å². The highest BCUT2D eigenvalue weighted by atomic mass is 32.1. The number of fused-ring (bicyclic) bond motifs is 4. The molecule has 6 rings (SSSR count). The quantitative estimate of drug-likeness (QED) is 0.485. The summed E-state index contributed by atoms with van der Waals surface area (Å²) in [6, 6.07) is 16.3. The Balaban J connectivity index is 1.37. The average Bonchev–Trinajstić information content (AvgIpc) is 3.44. The molecule has 29 heavy (non-hydrogen) atoms. The lowest BCUT2D eigenvalue weighted by molar-refractivity contribution is -0.932. The number of benzene rings is 2. The minimum atomic E-state index is -0.212. The molecule has 0 spiro atoms. The first kappa shape index (κ1) is 16.9. The lowest BCUT2D eigenvalue weighted by Gasteiger charge is -2.19. The summed E-state index contributed by atoms with van der Waals surface area (Å²) in [5.41, 5.74) is 2.50. The first-order valence-corrected chi connectivity index (χ1v) is 10.7. The van der Waals surface area contributed by atoms with Crippen LogP contribution in [0.15, 0.2) is 57.7 Å². The van der Waals surface area contributed by atoms with Crippen molar-refractivity contribution < 1.29 is 9.32 Å². The number of hydrogen-bond acceptors (Lipinski definition) is 5. The fourth-order valence-electron chi connectivity index (χ4n) is 4.41. The summed E-state index contributed by atoms with van der Waals surface area (Å²) in [6.07, 6.45) is 2.26. The van der Waals surface area contributed by atoms with Gasteiger partial charge in [0.25, 0.3) is 5.56 Å². The van der Waals surface area contributed by atoms with Gasteiger partial charge in [0.05, 0.1) is 16.8 Å². The van der Waals surface area contributed by atoms with E-state index in [1.807, 2.05) is 30.3 Å². The molecule has 1 aliphatic rings. The van der Waals surface area contributed by atoms with Gasteiger partial charge in [0.1, 0.15) is 23.7 Å². The molecule has 2 N–H and O–H groups in total. The molecule has 0 radical (unpaired) electrons. The molecule has 3 aromatic heterocycles. The number of quaternary nitrogens is 1. The van der Waals surface area contributed by atoms with Crippen molar-refractivity contribution in [2.45, 2.75) is 25.4 Å². The SMILES string of the molecule is O=c1[nH]c(C[NH+]2CCC[C@H]2c2nc3ccccc3s2)nc2c1oc1ccccc12. The van der Waals surface area contributed by atoms with Crippen LogP contribution in [0.1, 0.15) is 29.7 Å². The van der Waals surface area contributed by atoms with Crippen molar-refractivity contribution in [3.05, 3.63) is 69.7 Å². The minimum absolute atomic E-state index is 0.212. The molecular formula is C22H19N4O2S+. The van der Waals surface area contributed by atoms with Gasteiger partial charge in [-0.3, -0.25) is 4.79 Å². The first-order chi connectivity index (χ1) is 14.3. The number of aromatic nitrogens is 3. The molecule has 0 saturated carbocycles. The van der Waals surface area contributed by atoms with Gasteiger partial charge in [-0.15, -0.1) is 11.3 Å². The van der Waals surface area contributed by atoms with Crippen LogP contribution < -0.4 is 10.5 Å². The molecule has 6 nitrogen and oxygen atoms in total. The van der Waals surface area contributed by atoms with Crippen LogP contribution in [0.5, 0.6) is 0 Å². The monoisotopic (exact) mass is 403 g/mol. The molecule has 2 aromatic carbocycles. The predicted octanol–water partition coefficient (Wildman–Crippen LogP) is 3.20. The second-order valence-corrected chi connectivity index (χ2v) is 8.65. The summed E-state index contributed by atoms with van der Waals surface area (Å²) in [5.74, 6) is 0.706. The molecule has 7 heteroatoms. The van der Waals surface area contributed by atoms with Crippen molar-refractivity contribution >= 4 is 43.6 Å². The van der Waals surface area contributed by atoms with Crippen LogP contribution in [-0.4, -0.2) is 21.5 Å². The van der Waals surface area contributed by atoms with Gasteiger partial charge < -0.3 is 14.3 Å². The Morgan fingerprint density at radius 2 is 2.00 bits per heavy atom. The Kier molecular flexibility index (Phi) is 3.79. The smallest absolute Gasteiger partial charge is 0.294 e. The number of nitrogens with zero attached hydrogens (tertiary/aromatic N) is 2. The molecule has 1 fully saturated rings. The zero-order chi connectivity index (χ0) is 19.4. The summed E-state index contributed by atoms with van der Waals surface area (Å²) in [7, 11) is 0. The molecule has 5 aromatic rings. The van der Waals surface area contributed by atoms with E-state index in [9.17, 15) is 4.79 Å². The molecule has 144 valence electrons. The van der Waals surface area contributed by atoms with Gasteiger partial charge in [0.15, 0.2) is 10.8 Å². The van der Waals surface area contributed by atoms with E-state index in [0.29, 0.717) is 35.1 Å². The molecular weight excluding hydrogens is 384 g/mol. The molecule has 0 aliphatic carbocycles. The molecule has 1 aliphatic heterocycles. The van der Waals surface area contributed by atoms with Crippen LogP contribution in [0.3, 0.4) is 0 Å². The zero-order valence-electron chi connectivity index (χ0n) is 15.6. The third-order valence-corrected chi connectivity index (χ3v) is 6.92. The fourth-order valence-corrected chi connectivity index (χ4v) is 5.57. The molecule has 2 atom stereocenters. The summed E-state index contributed by atoms with van der Waals surface area (Å²) in [4.78, 5) is 26.6. The maximum atomic E-state index is 12.6. The highest BCUT2D eigenvalue weighted by Crippen LogP contribution is 2.29. The summed E-state index contributed by atoms with van der Waals surface area (Å²) < 4.78 is 6.94. The number of likely N-dealkylation sites (tertiary alicyclic amines) is 1. The van der Waals surface area contributed by atoms with Crippen molar-refractivity contribution in [2.24, 2.45) is 0 Å². The highest BCUT2D eigenvalue weighted by molar-refractivity contribution is 7.18. The van der Waals surface area contributed by atoms with E-state index < -0.39 is 0 Å². The number of aromatic amines is 1. The summed E-state index contributed by atoms with van der Waals surface area (Å²) in [5, 5.41) is 2.06. The number of furan rings is 1. The predicted molar refractivity (Wildman–Crippen MR) is 113 cm³/mol. The standard InChI is InChI=1S/C22H18N4O2S/c27-21-20-19(13-6-1-3-9-16(13)28-20)24-18(25-21)12-26-11-5-8-15(26)22-23-14-7-2-4-10-17(14)29-22/h1-4,6-7,9-10,15H,5,8,11-12H2,(H,24,25,27)/p+1/t15-/m0/s1. The molecule has 1 unspecified atom stereocenters. The van der Waals surface area contributed by atoms with Gasteiger partial charge in [-0.05, 0) is 24.3 Å². The van der Waals surface area contributed by atoms with E-state index >= 15 is 0 Å². The van der Waals surface area contributed by atoms with Crippen LogP contribution in [0, 0.1) is 0 Å². The van der Waals surface area contributed by atoms with Crippen molar-refractivity contribution in [1.82, 2.24) is 15.0 Å². The van der Waals surface area contributed by atoms with Crippen molar-refractivity contribution in [3.63, 3.8) is 0 Å². The Hall–Kier alpha value is -3.03. The van der Waals surface area contributed by atoms with E-state index in [4.69, 9.17) is 14.4 Å². The fraction of sp³-hybridized carbons (Fsp3) is 0.227. The third kappa shape index (κ3) is 2.77. The first-order valence-electron chi connectivity index (χ1n) is 9.87. The number of hydrogen-bond donors (Lipinski definition) is 2.